The average Bonchev–Trinajstić information content (AvgIpc) is 3.50. The number of benzene rings is 1. The first kappa shape index (κ1) is 41.7. The summed E-state index contributed by atoms with van der Waals surface area (Å²) < 4.78 is 8.62. The van der Waals surface area contributed by atoms with Crippen molar-refractivity contribution >= 4 is 13.9 Å². The van der Waals surface area contributed by atoms with Gasteiger partial charge in [-0.1, -0.05) is 101 Å². The molecule has 2 aliphatic rings. The molecule has 7 heteroatoms. The molecule has 4 nitrogen and oxygen atoms in total. The van der Waals surface area contributed by atoms with Crippen molar-refractivity contribution < 1.29 is 56.9 Å². The van der Waals surface area contributed by atoms with E-state index in [1.807, 2.05) is 31.2 Å². The number of carbonyl (C=O) groups is 1. The van der Waals surface area contributed by atoms with E-state index < -0.39 is 12.3 Å². The molecule has 0 spiro atoms. The van der Waals surface area contributed by atoms with Crippen molar-refractivity contribution in [1.82, 2.24) is 0 Å². The monoisotopic (exact) mass is 671 g/mol. The summed E-state index contributed by atoms with van der Waals surface area (Å²) in [6, 6.07) is 10.9. The zero-order valence-electron chi connectivity index (χ0n) is 24.8. The zero-order chi connectivity index (χ0) is 26.9. The Bertz CT molecular complexity index is 630. The number of ether oxygens (including phenoxy) is 2. The van der Waals surface area contributed by atoms with Crippen LogP contribution in [0.2, 0.25) is 0 Å². The molecule has 1 atom stereocenters. The van der Waals surface area contributed by atoms with Gasteiger partial charge in [0, 0.05) is 27.5 Å². The molecular weight excluding hydrogens is 618 g/mol. The van der Waals surface area contributed by atoms with E-state index in [9.17, 15) is 4.79 Å². The van der Waals surface area contributed by atoms with Crippen LogP contribution in [-0.2, 0) is 51.8 Å². The Morgan fingerprint density at radius 2 is 1.43 bits per heavy atom. The van der Waals surface area contributed by atoms with Crippen LogP contribution in [0.1, 0.15) is 111 Å². The van der Waals surface area contributed by atoms with E-state index in [1.54, 1.807) is 0 Å². The molecule has 0 saturated heterocycles. The van der Waals surface area contributed by atoms with Crippen LogP contribution in [0.25, 0.3) is 0 Å². The second kappa shape index (κ2) is 23.0. The quantitative estimate of drug-likeness (QED) is 0.115. The fraction of sp³-hybridized carbons (Fsp3) is 0.767. The summed E-state index contributed by atoms with van der Waals surface area (Å²) in [4.78, 5) is 10.3. The summed E-state index contributed by atoms with van der Waals surface area (Å²) in [5.74, 6) is -0.482. The average molecular weight is 672 g/mol. The van der Waals surface area contributed by atoms with Crippen LogP contribution in [0.3, 0.4) is 0 Å². The summed E-state index contributed by atoms with van der Waals surface area (Å²) in [6.45, 7) is 16.7. The van der Waals surface area contributed by atoms with E-state index in [4.69, 9.17) is 5.11 Å². The van der Waals surface area contributed by atoms with Gasteiger partial charge in [0.1, 0.15) is 0 Å². The summed E-state index contributed by atoms with van der Waals surface area (Å²) in [7, 11) is 2.72. The first-order valence-corrected chi connectivity index (χ1v) is 14.7. The molecule has 0 radical (unpaired) electrons. The fourth-order valence-electron chi connectivity index (χ4n) is 4.94. The first-order valence-electron chi connectivity index (χ1n) is 13.3. The third kappa shape index (κ3) is 21.7. The summed E-state index contributed by atoms with van der Waals surface area (Å²) in [5.41, 5.74) is 2.24. The van der Waals surface area contributed by atoms with E-state index in [0.29, 0.717) is 10.3 Å². The normalized spacial score (nSPS) is 15.9. The number of esters is 1. The third-order valence-corrected chi connectivity index (χ3v) is 10.2. The third-order valence-electron chi connectivity index (χ3n) is 6.09. The van der Waals surface area contributed by atoms with Crippen molar-refractivity contribution in [1.29, 1.82) is 0 Å². The van der Waals surface area contributed by atoms with Gasteiger partial charge in [-0.3, -0.25) is 4.79 Å². The van der Waals surface area contributed by atoms with Crippen molar-refractivity contribution in [2.24, 2.45) is 0 Å². The van der Waals surface area contributed by atoms with Gasteiger partial charge in [-0.05, 0) is 28.8 Å². The molecule has 2 fully saturated rings. The Morgan fingerprint density at radius 1 is 0.973 bits per heavy atom. The predicted octanol–water partition coefficient (Wildman–Crippen LogP) is 8.26. The summed E-state index contributed by atoms with van der Waals surface area (Å²) >= 11 is 0. The van der Waals surface area contributed by atoms with E-state index in [1.165, 1.54) is 77.6 Å². The number of hydrogen-bond acceptors (Lipinski definition) is 4. The molecular formula is C30H54FeO4PPd+. The molecule has 3 rings (SSSR count). The molecule has 1 unspecified atom stereocenters. The van der Waals surface area contributed by atoms with E-state index in [2.05, 4.69) is 57.1 Å². The SMILES string of the molecule is C1CCCC1.CC(C)(C)P(C1CCCC1)C(C)(C)C.COC(=O)CC(O)OC.Cc1[c-]cccc1.[Fe+2].[Pd]. The number of aliphatic hydroxyl groups is 1. The van der Waals surface area contributed by atoms with Crippen molar-refractivity contribution in [3.8, 4) is 0 Å². The molecule has 1 aromatic carbocycles. The molecule has 220 valence electrons. The second-order valence-corrected chi connectivity index (χ2v) is 15.6. The summed E-state index contributed by atoms with van der Waals surface area (Å²) in [6.07, 6.45) is 12.3. The minimum atomic E-state index is -1.04. The van der Waals surface area contributed by atoms with Gasteiger partial charge in [-0.2, -0.15) is 35.9 Å². The summed E-state index contributed by atoms with van der Waals surface area (Å²) in [5, 5.41) is 9.70. The largest absolute Gasteiger partial charge is 2.00 e. The van der Waals surface area contributed by atoms with Gasteiger partial charge in [0.05, 0.1) is 13.5 Å². The van der Waals surface area contributed by atoms with Crippen molar-refractivity contribution in [3.05, 3.63) is 35.9 Å². The van der Waals surface area contributed by atoms with Crippen LogP contribution >= 0.6 is 7.92 Å². The fourth-order valence-corrected chi connectivity index (χ4v) is 10.0. The Labute approximate surface area is 254 Å². The minimum Gasteiger partial charge on any atom is -0.469 e. The van der Waals surface area contributed by atoms with Gasteiger partial charge in [0.25, 0.3) is 0 Å². The predicted molar refractivity (Wildman–Crippen MR) is 151 cm³/mol. The number of rotatable bonds is 4. The van der Waals surface area contributed by atoms with Crippen LogP contribution < -0.4 is 0 Å². The maximum Gasteiger partial charge on any atom is 2.00 e. The molecule has 0 bridgehead atoms. The van der Waals surface area contributed by atoms with Gasteiger partial charge in [-0.15, -0.1) is 0 Å². The van der Waals surface area contributed by atoms with Crippen LogP contribution in [0.15, 0.2) is 24.3 Å². The Morgan fingerprint density at radius 3 is 1.70 bits per heavy atom. The molecule has 0 aromatic heterocycles. The minimum absolute atomic E-state index is 0. The van der Waals surface area contributed by atoms with Gasteiger partial charge in [0.2, 0.25) is 0 Å². The Hall–Kier alpha value is 0.222. The van der Waals surface area contributed by atoms with E-state index in [0.717, 1.165) is 5.66 Å². The van der Waals surface area contributed by atoms with E-state index >= 15 is 0 Å². The van der Waals surface area contributed by atoms with Crippen LogP contribution in [0.5, 0.6) is 0 Å². The standard InChI is InChI=1S/C13H27P.C7H7.C5H10O4.C5H10.Fe.Pd/c1-12(2,3)14(13(4,5)6)11-9-7-8-10-11;1-7-5-3-2-4-6-7;1-8-4(6)3-5(7)9-2;1-2-4-5-3-1;;/h11H,7-10H2,1-6H3;2-5H,1H3;4,6H,3H2,1-2H3;1-5H2;;/q;-1;;;+2;. The maximum atomic E-state index is 10.3. The number of methoxy groups -OCH3 is 2. The van der Waals surface area contributed by atoms with Crippen LogP contribution in [0, 0.1) is 13.0 Å². The first-order chi connectivity index (χ1) is 16.3. The Kier molecular flexibility index (Phi) is 25.9. The van der Waals surface area contributed by atoms with Gasteiger partial charge >= 0.3 is 23.0 Å². The van der Waals surface area contributed by atoms with Gasteiger partial charge in [0.15, 0.2) is 6.29 Å². The molecule has 0 aliphatic heterocycles. The Balaban J connectivity index is -0.000000437. The van der Waals surface area contributed by atoms with Crippen LogP contribution in [0.4, 0.5) is 0 Å². The molecule has 0 heterocycles. The van der Waals surface area contributed by atoms with Gasteiger partial charge in [-0.25, -0.2) is 0 Å². The van der Waals surface area contributed by atoms with Crippen molar-refractivity contribution in [3.63, 3.8) is 0 Å². The molecule has 0 amide bonds. The molecule has 37 heavy (non-hydrogen) atoms. The molecule has 2 saturated carbocycles. The van der Waals surface area contributed by atoms with Gasteiger partial charge < -0.3 is 14.6 Å². The molecule has 1 aromatic rings. The number of aryl methyl sites for hydroxylation is 1. The van der Waals surface area contributed by atoms with Crippen molar-refractivity contribution in [2.75, 3.05) is 14.2 Å². The number of aliphatic hydroxyl groups excluding tert-OH is 1. The maximum absolute atomic E-state index is 10.3. The topological polar surface area (TPSA) is 55.8 Å². The molecule has 2 aliphatic carbocycles. The number of carbonyl (C=O) groups excluding carboxylic acids is 1. The van der Waals surface area contributed by atoms with Crippen LogP contribution in [-0.4, -0.2) is 47.6 Å². The number of hydrogen-bond donors (Lipinski definition) is 1. The van der Waals surface area contributed by atoms with E-state index in [-0.39, 0.29) is 51.8 Å². The second-order valence-electron chi connectivity index (χ2n) is 11.4. The smallest absolute Gasteiger partial charge is 0.469 e. The van der Waals surface area contributed by atoms with Crippen molar-refractivity contribution in [2.45, 2.75) is 135 Å². The zero-order valence-corrected chi connectivity index (χ0v) is 28.4. The molecule has 1 N–H and O–H groups in total.